The minimum atomic E-state index is -3.64. The van der Waals surface area contributed by atoms with Crippen molar-refractivity contribution in [3.8, 4) is 0 Å². The third-order valence-electron chi connectivity index (χ3n) is 2.93. The first-order valence-electron chi connectivity index (χ1n) is 5.68. The first-order chi connectivity index (χ1) is 8.24. The molecular formula is C12H17BrFNO2S. The predicted octanol–water partition coefficient (Wildman–Crippen LogP) is 3.16. The molecule has 0 aliphatic heterocycles. The Balaban J connectivity index is 2.83. The van der Waals surface area contributed by atoms with Gasteiger partial charge in [0.1, 0.15) is 5.82 Å². The van der Waals surface area contributed by atoms with E-state index < -0.39 is 15.8 Å². The van der Waals surface area contributed by atoms with Gasteiger partial charge in [-0.1, -0.05) is 20.8 Å². The van der Waals surface area contributed by atoms with Crippen LogP contribution in [0.1, 0.15) is 20.8 Å². The van der Waals surface area contributed by atoms with Crippen LogP contribution in [0.2, 0.25) is 0 Å². The second kappa shape index (κ2) is 6.12. The van der Waals surface area contributed by atoms with E-state index in [4.69, 9.17) is 0 Å². The first kappa shape index (κ1) is 15.6. The maximum absolute atomic E-state index is 13.3. The van der Waals surface area contributed by atoms with Crippen LogP contribution in [-0.2, 0) is 10.0 Å². The highest BCUT2D eigenvalue weighted by molar-refractivity contribution is 9.10. The molecule has 0 aliphatic rings. The lowest BCUT2D eigenvalue weighted by Gasteiger charge is -2.16. The largest absolute Gasteiger partial charge is 0.240 e. The zero-order chi connectivity index (χ0) is 13.9. The van der Waals surface area contributed by atoms with E-state index in [1.807, 2.05) is 20.8 Å². The average molecular weight is 338 g/mol. The van der Waals surface area contributed by atoms with E-state index in [0.717, 1.165) is 6.07 Å². The van der Waals surface area contributed by atoms with Gasteiger partial charge in [-0.25, -0.2) is 17.5 Å². The molecule has 3 nitrogen and oxygen atoms in total. The molecule has 0 saturated carbocycles. The van der Waals surface area contributed by atoms with E-state index in [9.17, 15) is 12.8 Å². The van der Waals surface area contributed by atoms with Crippen LogP contribution in [0.4, 0.5) is 4.39 Å². The van der Waals surface area contributed by atoms with E-state index in [2.05, 4.69) is 20.7 Å². The summed E-state index contributed by atoms with van der Waals surface area (Å²) in [7, 11) is -3.64. The van der Waals surface area contributed by atoms with Gasteiger partial charge in [-0.15, -0.1) is 0 Å². The van der Waals surface area contributed by atoms with Crippen molar-refractivity contribution in [1.82, 2.24) is 4.72 Å². The van der Waals surface area contributed by atoms with E-state index >= 15 is 0 Å². The summed E-state index contributed by atoms with van der Waals surface area (Å²) in [6.07, 6.45) is 0. The maximum atomic E-state index is 13.3. The van der Waals surface area contributed by atoms with Crippen molar-refractivity contribution in [2.45, 2.75) is 25.7 Å². The second-order valence-electron chi connectivity index (χ2n) is 4.65. The van der Waals surface area contributed by atoms with Crippen LogP contribution < -0.4 is 4.72 Å². The van der Waals surface area contributed by atoms with Gasteiger partial charge in [-0.05, 0) is 46.0 Å². The standard InChI is InChI=1S/C12H17BrFNO2S/c1-8(2)9(3)7-15-18(16,17)10-4-5-11(13)12(14)6-10/h4-6,8-9,15H,7H2,1-3H3. The minimum absolute atomic E-state index is 0.0563. The minimum Gasteiger partial charge on any atom is -0.211 e. The van der Waals surface area contributed by atoms with Gasteiger partial charge in [0.25, 0.3) is 0 Å². The Kier molecular flexibility index (Phi) is 5.31. The van der Waals surface area contributed by atoms with Crippen LogP contribution >= 0.6 is 15.9 Å². The van der Waals surface area contributed by atoms with Crippen molar-refractivity contribution in [3.63, 3.8) is 0 Å². The summed E-state index contributed by atoms with van der Waals surface area (Å²) in [6.45, 7) is 6.36. The summed E-state index contributed by atoms with van der Waals surface area (Å²) in [6, 6.07) is 3.76. The molecule has 1 rings (SSSR count). The molecular weight excluding hydrogens is 321 g/mol. The monoisotopic (exact) mass is 337 g/mol. The number of rotatable bonds is 5. The molecule has 0 fully saturated rings. The highest BCUT2D eigenvalue weighted by atomic mass is 79.9. The Bertz CT molecular complexity index is 517. The van der Waals surface area contributed by atoms with Crippen LogP contribution in [0, 0.1) is 17.7 Å². The highest BCUT2D eigenvalue weighted by Gasteiger charge is 2.17. The number of hydrogen-bond acceptors (Lipinski definition) is 2. The fraction of sp³-hybridized carbons (Fsp3) is 0.500. The second-order valence-corrected chi connectivity index (χ2v) is 7.27. The topological polar surface area (TPSA) is 46.2 Å². The fourth-order valence-electron chi connectivity index (χ4n) is 1.20. The number of hydrogen-bond donors (Lipinski definition) is 1. The molecule has 1 unspecified atom stereocenters. The van der Waals surface area contributed by atoms with Crippen molar-refractivity contribution in [3.05, 3.63) is 28.5 Å². The summed E-state index contributed by atoms with van der Waals surface area (Å²) >= 11 is 2.99. The predicted molar refractivity (Wildman–Crippen MR) is 73.3 cm³/mol. The first-order valence-corrected chi connectivity index (χ1v) is 7.96. The van der Waals surface area contributed by atoms with Gasteiger partial charge in [-0.2, -0.15) is 0 Å². The van der Waals surface area contributed by atoms with Gasteiger partial charge >= 0.3 is 0 Å². The number of sulfonamides is 1. The molecule has 0 aliphatic carbocycles. The Hall–Kier alpha value is -0.460. The molecule has 0 heterocycles. The molecule has 102 valence electrons. The van der Waals surface area contributed by atoms with Crippen LogP contribution in [0.5, 0.6) is 0 Å². The SMILES string of the molecule is CC(C)C(C)CNS(=O)(=O)c1ccc(Br)c(F)c1. The lowest BCUT2D eigenvalue weighted by atomic mass is 9.99. The zero-order valence-corrected chi connectivity index (χ0v) is 13.0. The van der Waals surface area contributed by atoms with Crippen LogP contribution in [-0.4, -0.2) is 15.0 Å². The molecule has 1 aromatic rings. The quantitative estimate of drug-likeness (QED) is 0.896. The molecule has 18 heavy (non-hydrogen) atoms. The Morgan fingerprint density at radius 1 is 1.33 bits per heavy atom. The van der Waals surface area contributed by atoms with Crippen LogP contribution in [0.15, 0.2) is 27.6 Å². The van der Waals surface area contributed by atoms with E-state index in [0.29, 0.717) is 12.5 Å². The number of benzene rings is 1. The molecule has 0 bridgehead atoms. The van der Waals surface area contributed by atoms with E-state index in [-0.39, 0.29) is 15.3 Å². The number of halogens is 2. The molecule has 1 atom stereocenters. The maximum Gasteiger partial charge on any atom is 0.240 e. The zero-order valence-electron chi connectivity index (χ0n) is 10.6. The smallest absolute Gasteiger partial charge is 0.211 e. The molecule has 0 radical (unpaired) electrons. The molecule has 6 heteroatoms. The third kappa shape index (κ3) is 4.03. The molecule has 0 amide bonds. The van der Waals surface area contributed by atoms with Crippen LogP contribution in [0.3, 0.4) is 0 Å². The summed E-state index contributed by atoms with van der Waals surface area (Å²) in [5.41, 5.74) is 0. The van der Waals surface area contributed by atoms with Crippen molar-refractivity contribution >= 4 is 26.0 Å². The molecule has 0 spiro atoms. The lowest BCUT2D eigenvalue weighted by molar-refractivity contribution is 0.414. The number of nitrogens with one attached hydrogen (secondary N) is 1. The van der Waals surface area contributed by atoms with Gasteiger partial charge in [0, 0.05) is 6.54 Å². The van der Waals surface area contributed by atoms with Gasteiger partial charge < -0.3 is 0 Å². The van der Waals surface area contributed by atoms with Gasteiger partial charge in [-0.3, -0.25) is 0 Å². The average Bonchev–Trinajstić information content (AvgIpc) is 2.29. The van der Waals surface area contributed by atoms with Crippen molar-refractivity contribution in [1.29, 1.82) is 0 Å². The van der Waals surface area contributed by atoms with Crippen LogP contribution in [0.25, 0.3) is 0 Å². The van der Waals surface area contributed by atoms with Crippen molar-refractivity contribution in [2.75, 3.05) is 6.54 Å². The summed E-state index contributed by atoms with van der Waals surface area (Å²) < 4.78 is 39.9. The molecule has 1 aromatic carbocycles. The van der Waals surface area contributed by atoms with E-state index in [1.165, 1.54) is 12.1 Å². The van der Waals surface area contributed by atoms with Gasteiger partial charge in [0.05, 0.1) is 9.37 Å². The Morgan fingerprint density at radius 2 is 1.94 bits per heavy atom. The molecule has 0 aromatic heterocycles. The molecule has 0 saturated heterocycles. The fourth-order valence-corrected chi connectivity index (χ4v) is 2.61. The summed E-state index contributed by atoms with van der Waals surface area (Å²) in [5, 5.41) is 0. The summed E-state index contributed by atoms with van der Waals surface area (Å²) in [5.74, 6) is 0.0178. The third-order valence-corrected chi connectivity index (χ3v) is 5.00. The van der Waals surface area contributed by atoms with Gasteiger partial charge in [0.2, 0.25) is 10.0 Å². The summed E-state index contributed by atoms with van der Waals surface area (Å²) in [4.78, 5) is -0.0563. The Morgan fingerprint density at radius 3 is 2.44 bits per heavy atom. The van der Waals surface area contributed by atoms with Crippen molar-refractivity contribution < 1.29 is 12.8 Å². The molecule has 1 N–H and O–H groups in total. The Labute approximate surface area is 116 Å². The van der Waals surface area contributed by atoms with Crippen molar-refractivity contribution in [2.24, 2.45) is 11.8 Å². The highest BCUT2D eigenvalue weighted by Crippen LogP contribution is 2.19. The van der Waals surface area contributed by atoms with Gasteiger partial charge in [0.15, 0.2) is 0 Å². The van der Waals surface area contributed by atoms with E-state index in [1.54, 1.807) is 0 Å². The lowest BCUT2D eigenvalue weighted by Crippen LogP contribution is -2.30. The normalized spacial score (nSPS) is 13.9.